The van der Waals surface area contributed by atoms with Gasteiger partial charge in [0.05, 0.1) is 0 Å². The van der Waals surface area contributed by atoms with Gasteiger partial charge in [0.25, 0.3) is 0 Å². The quantitative estimate of drug-likeness (QED) is 0.734. The van der Waals surface area contributed by atoms with Gasteiger partial charge in [-0.1, -0.05) is 13.8 Å². The molecule has 0 amide bonds. The van der Waals surface area contributed by atoms with Crippen molar-refractivity contribution in [2.24, 2.45) is 11.8 Å². The SMILES string of the molecule is CC1CC(C)CC(NCCCC(F)(F)F)C1. The maximum Gasteiger partial charge on any atom is 0.389 e. The monoisotopic (exact) mass is 237 g/mol. The van der Waals surface area contributed by atoms with Crippen molar-refractivity contribution in [3.63, 3.8) is 0 Å². The van der Waals surface area contributed by atoms with Crippen molar-refractivity contribution in [1.29, 1.82) is 0 Å². The minimum Gasteiger partial charge on any atom is -0.314 e. The number of rotatable bonds is 4. The van der Waals surface area contributed by atoms with Gasteiger partial charge in [0.1, 0.15) is 0 Å². The third kappa shape index (κ3) is 5.73. The lowest BCUT2D eigenvalue weighted by atomic mass is 9.80. The molecule has 0 aromatic carbocycles. The van der Waals surface area contributed by atoms with Crippen LogP contribution in [0.5, 0.6) is 0 Å². The maximum absolute atomic E-state index is 11.9. The van der Waals surface area contributed by atoms with Crippen LogP contribution >= 0.6 is 0 Å². The Morgan fingerprint density at radius 1 is 1.06 bits per heavy atom. The van der Waals surface area contributed by atoms with Crippen molar-refractivity contribution < 1.29 is 13.2 Å². The summed E-state index contributed by atoms with van der Waals surface area (Å²) in [5.74, 6) is 1.40. The molecule has 1 N–H and O–H groups in total. The average Bonchev–Trinajstić information content (AvgIpc) is 2.09. The first kappa shape index (κ1) is 13.8. The fraction of sp³-hybridized carbons (Fsp3) is 1.00. The normalized spacial score (nSPS) is 31.7. The molecule has 0 bridgehead atoms. The largest absolute Gasteiger partial charge is 0.389 e. The molecule has 0 radical (unpaired) electrons. The average molecular weight is 237 g/mol. The van der Waals surface area contributed by atoms with Crippen LogP contribution in [0.2, 0.25) is 0 Å². The van der Waals surface area contributed by atoms with E-state index >= 15 is 0 Å². The summed E-state index contributed by atoms with van der Waals surface area (Å²) < 4.78 is 35.8. The zero-order valence-electron chi connectivity index (χ0n) is 10.1. The third-order valence-electron chi connectivity index (χ3n) is 3.25. The maximum atomic E-state index is 11.9. The van der Waals surface area contributed by atoms with Gasteiger partial charge in [0.15, 0.2) is 0 Å². The van der Waals surface area contributed by atoms with Crippen LogP contribution in [0.25, 0.3) is 0 Å². The number of hydrogen-bond donors (Lipinski definition) is 1. The van der Waals surface area contributed by atoms with Gasteiger partial charge in [-0.25, -0.2) is 0 Å². The summed E-state index contributed by atoms with van der Waals surface area (Å²) in [4.78, 5) is 0. The smallest absolute Gasteiger partial charge is 0.314 e. The molecule has 0 saturated heterocycles. The molecule has 1 nitrogen and oxygen atoms in total. The molecular formula is C12H22F3N. The van der Waals surface area contributed by atoms with Crippen LogP contribution in [-0.4, -0.2) is 18.8 Å². The summed E-state index contributed by atoms with van der Waals surface area (Å²) in [5.41, 5.74) is 0. The van der Waals surface area contributed by atoms with Gasteiger partial charge in [-0.3, -0.25) is 0 Å². The molecular weight excluding hydrogens is 215 g/mol. The predicted octanol–water partition coefficient (Wildman–Crippen LogP) is 3.74. The van der Waals surface area contributed by atoms with Crippen LogP contribution in [-0.2, 0) is 0 Å². The van der Waals surface area contributed by atoms with Gasteiger partial charge >= 0.3 is 6.18 Å². The second kappa shape index (κ2) is 5.89. The molecule has 1 saturated carbocycles. The molecule has 16 heavy (non-hydrogen) atoms. The van der Waals surface area contributed by atoms with Crippen molar-refractivity contribution in [2.45, 2.75) is 58.2 Å². The van der Waals surface area contributed by atoms with Crippen LogP contribution in [0.4, 0.5) is 13.2 Å². The zero-order valence-corrected chi connectivity index (χ0v) is 10.1. The second-order valence-electron chi connectivity index (χ2n) is 5.29. The van der Waals surface area contributed by atoms with E-state index in [0.717, 1.165) is 12.8 Å². The Hall–Kier alpha value is -0.250. The van der Waals surface area contributed by atoms with E-state index in [-0.39, 0.29) is 6.42 Å². The molecule has 0 aromatic rings. The molecule has 2 atom stereocenters. The van der Waals surface area contributed by atoms with Crippen LogP contribution in [0.15, 0.2) is 0 Å². The Bertz CT molecular complexity index is 193. The van der Waals surface area contributed by atoms with Gasteiger partial charge in [-0.05, 0) is 44.1 Å². The van der Waals surface area contributed by atoms with E-state index in [9.17, 15) is 13.2 Å². The first-order valence-electron chi connectivity index (χ1n) is 6.17. The lowest BCUT2D eigenvalue weighted by Crippen LogP contribution is -2.37. The molecule has 1 rings (SSSR count). The van der Waals surface area contributed by atoms with Crippen molar-refractivity contribution in [3.8, 4) is 0 Å². The van der Waals surface area contributed by atoms with E-state index in [2.05, 4.69) is 19.2 Å². The highest BCUT2D eigenvalue weighted by atomic mass is 19.4. The molecule has 96 valence electrons. The van der Waals surface area contributed by atoms with Crippen molar-refractivity contribution in [3.05, 3.63) is 0 Å². The molecule has 2 unspecified atom stereocenters. The second-order valence-corrected chi connectivity index (χ2v) is 5.29. The molecule has 0 heterocycles. The van der Waals surface area contributed by atoms with Crippen molar-refractivity contribution in [1.82, 2.24) is 5.32 Å². The van der Waals surface area contributed by atoms with Crippen molar-refractivity contribution in [2.75, 3.05) is 6.54 Å². The summed E-state index contributed by atoms with van der Waals surface area (Å²) in [7, 11) is 0. The summed E-state index contributed by atoms with van der Waals surface area (Å²) in [6, 6.07) is 0.423. The minimum atomic E-state index is -4.01. The zero-order chi connectivity index (χ0) is 12.2. The number of nitrogens with one attached hydrogen (secondary N) is 1. The van der Waals surface area contributed by atoms with Crippen LogP contribution in [0, 0.1) is 11.8 Å². The van der Waals surface area contributed by atoms with Crippen LogP contribution < -0.4 is 5.32 Å². The summed E-state index contributed by atoms with van der Waals surface area (Å²) in [6.07, 6.45) is -1.01. The summed E-state index contributed by atoms with van der Waals surface area (Å²) >= 11 is 0. The first-order valence-corrected chi connectivity index (χ1v) is 6.17. The molecule has 1 aliphatic carbocycles. The van der Waals surface area contributed by atoms with Crippen LogP contribution in [0.3, 0.4) is 0 Å². The van der Waals surface area contributed by atoms with E-state index in [1.165, 1.54) is 6.42 Å². The Labute approximate surface area is 95.8 Å². The molecule has 1 aliphatic rings. The molecule has 4 heteroatoms. The highest BCUT2D eigenvalue weighted by Gasteiger charge is 2.27. The summed E-state index contributed by atoms with van der Waals surface area (Å²) in [5, 5.41) is 3.26. The summed E-state index contributed by atoms with van der Waals surface area (Å²) in [6.45, 7) is 4.93. The standard InChI is InChI=1S/C12H22F3N/c1-9-6-10(2)8-11(7-9)16-5-3-4-12(13,14)15/h9-11,16H,3-8H2,1-2H3. The van der Waals surface area contributed by atoms with Crippen molar-refractivity contribution >= 4 is 0 Å². The van der Waals surface area contributed by atoms with Gasteiger partial charge in [-0.2, -0.15) is 13.2 Å². The fourth-order valence-electron chi connectivity index (χ4n) is 2.71. The van der Waals surface area contributed by atoms with E-state index in [1.54, 1.807) is 0 Å². The molecule has 0 aliphatic heterocycles. The highest BCUT2D eigenvalue weighted by molar-refractivity contribution is 4.79. The first-order chi connectivity index (χ1) is 7.37. The van der Waals surface area contributed by atoms with E-state index < -0.39 is 12.6 Å². The number of alkyl halides is 3. The minimum absolute atomic E-state index is 0.197. The molecule has 1 fully saturated rings. The third-order valence-corrected chi connectivity index (χ3v) is 3.25. The number of hydrogen-bond acceptors (Lipinski definition) is 1. The Morgan fingerprint density at radius 2 is 1.62 bits per heavy atom. The van der Waals surface area contributed by atoms with E-state index in [4.69, 9.17) is 0 Å². The predicted molar refractivity (Wildman–Crippen MR) is 59.3 cm³/mol. The van der Waals surface area contributed by atoms with E-state index in [1.807, 2.05) is 0 Å². The van der Waals surface area contributed by atoms with E-state index in [0.29, 0.717) is 24.4 Å². The Kier molecular flexibility index (Phi) is 5.09. The fourth-order valence-corrected chi connectivity index (χ4v) is 2.71. The van der Waals surface area contributed by atoms with Gasteiger partial charge < -0.3 is 5.32 Å². The highest BCUT2D eigenvalue weighted by Crippen LogP contribution is 2.28. The Balaban J connectivity index is 2.13. The van der Waals surface area contributed by atoms with Crippen LogP contribution in [0.1, 0.15) is 46.0 Å². The Morgan fingerprint density at radius 3 is 2.12 bits per heavy atom. The van der Waals surface area contributed by atoms with Gasteiger partial charge in [0.2, 0.25) is 0 Å². The topological polar surface area (TPSA) is 12.0 Å². The lowest BCUT2D eigenvalue weighted by molar-refractivity contribution is -0.135. The molecule has 0 aromatic heterocycles. The lowest BCUT2D eigenvalue weighted by Gasteiger charge is -2.32. The van der Waals surface area contributed by atoms with Gasteiger partial charge in [0, 0.05) is 12.5 Å². The van der Waals surface area contributed by atoms with Gasteiger partial charge in [-0.15, -0.1) is 0 Å². The number of halogens is 3. The molecule has 0 spiro atoms.